The van der Waals surface area contributed by atoms with Gasteiger partial charge in [-0.05, 0) is 31.4 Å². The first-order chi connectivity index (χ1) is 10.6. The zero-order valence-corrected chi connectivity index (χ0v) is 13.5. The molecule has 0 saturated carbocycles. The molecule has 0 saturated heterocycles. The van der Waals surface area contributed by atoms with E-state index >= 15 is 0 Å². The number of carbonyl (C=O) groups is 1. The van der Waals surface area contributed by atoms with E-state index in [1.807, 2.05) is 49.6 Å². The normalized spacial score (nSPS) is 14.1. The molecule has 0 aliphatic carbocycles. The van der Waals surface area contributed by atoms with Gasteiger partial charge in [0.1, 0.15) is 0 Å². The van der Waals surface area contributed by atoms with Crippen molar-refractivity contribution in [1.82, 2.24) is 10.3 Å². The van der Waals surface area contributed by atoms with Crippen LogP contribution in [0, 0.1) is 0 Å². The summed E-state index contributed by atoms with van der Waals surface area (Å²) in [6.45, 7) is 1.93. The van der Waals surface area contributed by atoms with E-state index in [9.17, 15) is 9.90 Å². The molecule has 0 bridgehead atoms. The van der Waals surface area contributed by atoms with Gasteiger partial charge in [0, 0.05) is 22.8 Å². The Balaban J connectivity index is 2.02. The average Bonchev–Trinajstić information content (AvgIpc) is 2.54. The molecule has 0 fully saturated rings. The lowest BCUT2D eigenvalue weighted by molar-refractivity contribution is -0.117. The average molecular weight is 316 g/mol. The maximum absolute atomic E-state index is 11.9. The predicted octanol–water partition coefficient (Wildman–Crippen LogP) is 2.48. The van der Waals surface area contributed by atoms with E-state index in [0.717, 1.165) is 16.6 Å². The largest absolute Gasteiger partial charge is 0.395 e. The van der Waals surface area contributed by atoms with Crippen LogP contribution in [0.25, 0.3) is 17.0 Å². The number of benzene rings is 1. The van der Waals surface area contributed by atoms with Crippen LogP contribution in [0.1, 0.15) is 12.6 Å². The van der Waals surface area contributed by atoms with Crippen LogP contribution in [0.2, 0.25) is 0 Å². The number of nitrogens with zero attached hydrogens (tertiary/aromatic N) is 1. The van der Waals surface area contributed by atoms with Gasteiger partial charge < -0.3 is 10.4 Å². The quantitative estimate of drug-likeness (QED) is 0.804. The predicted molar refractivity (Wildman–Crippen MR) is 92.8 cm³/mol. The number of hydrogen-bond acceptors (Lipinski definition) is 4. The fourth-order valence-electron chi connectivity index (χ4n) is 2.14. The lowest BCUT2D eigenvalue weighted by atomic mass is 10.2. The molecule has 2 N–H and O–H groups in total. The number of pyridine rings is 1. The molecule has 0 unspecified atom stereocenters. The van der Waals surface area contributed by atoms with E-state index in [1.165, 1.54) is 17.8 Å². The van der Waals surface area contributed by atoms with Gasteiger partial charge in [-0.25, -0.2) is 4.98 Å². The molecule has 1 heterocycles. The Morgan fingerprint density at radius 2 is 2.14 bits per heavy atom. The smallest absolute Gasteiger partial charge is 0.244 e. The van der Waals surface area contributed by atoms with Crippen molar-refractivity contribution in [2.75, 3.05) is 12.9 Å². The minimum atomic E-state index is -0.185. The first kappa shape index (κ1) is 16.5. The van der Waals surface area contributed by atoms with Crippen LogP contribution in [-0.4, -0.2) is 40.2 Å². The summed E-state index contributed by atoms with van der Waals surface area (Å²) < 4.78 is 0. The van der Waals surface area contributed by atoms with Crippen LogP contribution in [0.5, 0.6) is 0 Å². The Kier molecular flexibility index (Phi) is 5.98. The number of rotatable bonds is 6. The van der Waals surface area contributed by atoms with Crippen molar-refractivity contribution in [1.29, 1.82) is 0 Å². The minimum absolute atomic E-state index is 0.00357. The number of hydrogen-bond donors (Lipinski definition) is 2. The van der Waals surface area contributed by atoms with Gasteiger partial charge in [0.05, 0.1) is 17.8 Å². The summed E-state index contributed by atoms with van der Waals surface area (Å²) in [5.41, 5.74) is 1.64. The summed E-state index contributed by atoms with van der Waals surface area (Å²) in [5.74, 6) is -0.185. The fourth-order valence-corrected chi connectivity index (χ4v) is 2.76. The molecule has 0 aliphatic rings. The summed E-state index contributed by atoms with van der Waals surface area (Å²) in [6, 6.07) is 11.6. The van der Waals surface area contributed by atoms with Crippen molar-refractivity contribution in [3.05, 3.63) is 48.2 Å². The van der Waals surface area contributed by atoms with E-state index in [4.69, 9.17) is 0 Å². The van der Waals surface area contributed by atoms with Crippen LogP contribution in [0.3, 0.4) is 0 Å². The second kappa shape index (κ2) is 7.96. The second-order valence-corrected chi connectivity index (χ2v) is 6.09. The molecule has 0 radical (unpaired) electrons. The zero-order valence-electron chi connectivity index (χ0n) is 12.7. The van der Waals surface area contributed by atoms with Crippen molar-refractivity contribution < 1.29 is 9.90 Å². The summed E-state index contributed by atoms with van der Waals surface area (Å²) in [6.07, 6.45) is 5.09. The molecule has 4 nitrogen and oxygen atoms in total. The van der Waals surface area contributed by atoms with Crippen LogP contribution in [-0.2, 0) is 4.79 Å². The topological polar surface area (TPSA) is 62.2 Å². The molecular weight excluding hydrogens is 296 g/mol. The number of carbonyl (C=O) groups excluding carboxylic acids is 1. The first-order valence-electron chi connectivity index (χ1n) is 7.12. The monoisotopic (exact) mass is 316 g/mol. The number of amides is 1. The van der Waals surface area contributed by atoms with E-state index < -0.39 is 0 Å². The number of fused-ring (bicyclic) bond motifs is 1. The van der Waals surface area contributed by atoms with Crippen molar-refractivity contribution >= 4 is 34.6 Å². The Hall–Kier alpha value is -1.85. The number of nitrogens with one attached hydrogen (secondary N) is 1. The van der Waals surface area contributed by atoms with Crippen LogP contribution < -0.4 is 5.32 Å². The van der Waals surface area contributed by atoms with Crippen molar-refractivity contribution in [3.63, 3.8) is 0 Å². The van der Waals surface area contributed by atoms with Crippen molar-refractivity contribution in [2.24, 2.45) is 0 Å². The molecule has 2 rings (SSSR count). The molecule has 5 heteroatoms. The second-order valence-electron chi connectivity index (χ2n) is 5.02. The van der Waals surface area contributed by atoms with Gasteiger partial charge in [-0.3, -0.25) is 4.79 Å². The highest BCUT2D eigenvalue weighted by Crippen LogP contribution is 2.13. The van der Waals surface area contributed by atoms with Crippen LogP contribution in [0.15, 0.2) is 42.5 Å². The molecule has 2 aromatic rings. The molecule has 1 aromatic carbocycles. The number of para-hydroxylation sites is 1. The minimum Gasteiger partial charge on any atom is -0.395 e. The third-order valence-electron chi connectivity index (χ3n) is 3.44. The highest BCUT2D eigenvalue weighted by Gasteiger charge is 2.16. The SMILES string of the molecule is CS[C@@H](CO)[C@H](C)NC(=O)/C=C/c1ccc2ccccc2n1. The van der Waals surface area contributed by atoms with Gasteiger partial charge in [0.15, 0.2) is 0 Å². The Bertz CT molecular complexity index is 669. The van der Waals surface area contributed by atoms with Gasteiger partial charge in [0.2, 0.25) is 5.91 Å². The molecule has 0 spiro atoms. The molecule has 116 valence electrons. The summed E-state index contributed by atoms with van der Waals surface area (Å²) in [4.78, 5) is 16.4. The lowest BCUT2D eigenvalue weighted by Crippen LogP contribution is -2.40. The number of aliphatic hydroxyl groups excluding tert-OH is 1. The maximum atomic E-state index is 11.9. The maximum Gasteiger partial charge on any atom is 0.244 e. The number of aromatic nitrogens is 1. The van der Waals surface area contributed by atoms with Crippen molar-refractivity contribution in [3.8, 4) is 0 Å². The zero-order chi connectivity index (χ0) is 15.9. The number of aliphatic hydroxyl groups is 1. The Labute approximate surface area is 134 Å². The lowest BCUT2D eigenvalue weighted by Gasteiger charge is -2.20. The molecule has 2 atom stereocenters. The van der Waals surface area contributed by atoms with Crippen LogP contribution >= 0.6 is 11.8 Å². The Morgan fingerprint density at radius 1 is 1.36 bits per heavy atom. The molecule has 1 amide bonds. The van der Waals surface area contributed by atoms with Gasteiger partial charge >= 0.3 is 0 Å². The Morgan fingerprint density at radius 3 is 2.86 bits per heavy atom. The molecule has 22 heavy (non-hydrogen) atoms. The molecule has 0 aliphatic heterocycles. The van der Waals surface area contributed by atoms with Gasteiger partial charge in [-0.1, -0.05) is 24.3 Å². The third-order valence-corrected chi connectivity index (χ3v) is 4.60. The van der Waals surface area contributed by atoms with Crippen molar-refractivity contribution in [2.45, 2.75) is 18.2 Å². The highest BCUT2D eigenvalue weighted by molar-refractivity contribution is 7.99. The number of thioether (sulfide) groups is 1. The van der Waals surface area contributed by atoms with E-state index in [-0.39, 0.29) is 23.8 Å². The van der Waals surface area contributed by atoms with E-state index in [0.29, 0.717) is 0 Å². The van der Waals surface area contributed by atoms with Gasteiger partial charge in [-0.15, -0.1) is 0 Å². The third kappa shape index (κ3) is 4.32. The van der Waals surface area contributed by atoms with Crippen LogP contribution in [0.4, 0.5) is 0 Å². The van der Waals surface area contributed by atoms with E-state index in [1.54, 1.807) is 6.08 Å². The van der Waals surface area contributed by atoms with Gasteiger partial charge in [-0.2, -0.15) is 11.8 Å². The summed E-state index contributed by atoms with van der Waals surface area (Å²) >= 11 is 1.53. The molecular formula is C17H20N2O2S. The van der Waals surface area contributed by atoms with E-state index in [2.05, 4.69) is 10.3 Å². The summed E-state index contributed by atoms with van der Waals surface area (Å²) in [7, 11) is 0. The highest BCUT2D eigenvalue weighted by atomic mass is 32.2. The molecule has 1 aromatic heterocycles. The standard InChI is InChI=1S/C17H20N2O2S/c1-12(16(11-20)22-2)18-17(21)10-9-14-8-7-13-5-3-4-6-15(13)19-14/h3-10,12,16,20H,11H2,1-2H3,(H,18,21)/b10-9+/t12-,16-/m0/s1. The first-order valence-corrected chi connectivity index (χ1v) is 8.41. The summed E-state index contributed by atoms with van der Waals surface area (Å²) in [5, 5.41) is 13.1. The fraction of sp³-hybridized carbons (Fsp3) is 0.294. The van der Waals surface area contributed by atoms with Gasteiger partial charge in [0.25, 0.3) is 0 Å².